The molecule has 3 heterocycles. The molecule has 0 bridgehead atoms. The fourth-order valence-electron chi connectivity index (χ4n) is 10.6. The van der Waals surface area contributed by atoms with Crippen molar-refractivity contribution in [1.29, 1.82) is 0 Å². The van der Waals surface area contributed by atoms with Gasteiger partial charge in [-0.05, 0) is 124 Å². The normalized spacial score (nSPS) is 12.7. The summed E-state index contributed by atoms with van der Waals surface area (Å²) in [6, 6.07) is 70.7. The van der Waals surface area contributed by atoms with Gasteiger partial charge in [0.2, 0.25) is 0 Å². The Morgan fingerprint density at radius 1 is 0.400 bits per heavy atom. The number of dihydropyridines is 1. The van der Waals surface area contributed by atoms with Crippen LogP contribution in [0.2, 0.25) is 0 Å². The van der Waals surface area contributed by atoms with Gasteiger partial charge in [-0.2, -0.15) is 0 Å². The second kappa shape index (κ2) is 15.1. The molecule has 3 heteroatoms. The van der Waals surface area contributed by atoms with E-state index in [0.717, 1.165) is 67.4 Å². The molecule has 0 fully saturated rings. The Balaban J connectivity index is 1.08. The third-order valence-corrected chi connectivity index (χ3v) is 13.3. The molecule has 0 atom stereocenters. The maximum absolute atomic E-state index is 7.15. The molecular weight excluding hydrogens is 789 g/mol. The summed E-state index contributed by atoms with van der Waals surface area (Å²) in [6.07, 6.45) is 10.3. The van der Waals surface area contributed by atoms with E-state index in [2.05, 4.69) is 217 Å². The van der Waals surface area contributed by atoms with E-state index < -0.39 is 0 Å². The van der Waals surface area contributed by atoms with Crippen LogP contribution in [0.4, 0.5) is 0 Å². The summed E-state index contributed by atoms with van der Waals surface area (Å²) in [4.78, 5) is 4.51. The average molecular weight is 829 g/mol. The highest BCUT2D eigenvalue weighted by atomic mass is 16.3. The summed E-state index contributed by atoms with van der Waals surface area (Å²) in [5, 5.41) is 15.3. The fourth-order valence-corrected chi connectivity index (χ4v) is 10.6. The monoisotopic (exact) mass is 828 g/mol. The van der Waals surface area contributed by atoms with Crippen molar-refractivity contribution in [2.24, 2.45) is 0 Å². The average Bonchev–Trinajstić information content (AvgIpc) is 3.77. The smallest absolute Gasteiger partial charge is 0.143 e. The van der Waals surface area contributed by atoms with E-state index in [9.17, 15) is 0 Å². The van der Waals surface area contributed by atoms with Crippen molar-refractivity contribution < 1.29 is 4.42 Å². The Morgan fingerprint density at radius 3 is 1.51 bits per heavy atom. The summed E-state index contributed by atoms with van der Waals surface area (Å²) < 4.78 is 7.15. The molecule has 0 aliphatic carbocycles. The van der Waals surface area contributed by atoms with Crippen LogP contribution in [0.25, 0.3) is 126 Å². The van der Waals surface area contributed by atoms with Gasteiger partial charge in [0.25, 0.3) is 0 Å². The first-order chi connectivity index (χ1) is 32.3. The van der Waals surface area contributed by atoms with Crippen molar-refractivity contribution in [2.45, 2.75) is 0 Å². The molecule has 1 aliphatic heterocycles. The fraction of sp³-hybridized carbons (Fsp3) is 0.0161. The molecular formula is C62H40N2O. The van der Waals surface area contributed by atoms with E-state index in [-0.39, 0.29) is 0 Å². The van der Waals surface area contributed by atoms with Crippen molar-refractivity contribution in [3.63, 3.8) is 0 Å². The number of hydrogen-bond donors (Lipinski definition) is 1. The van der Waals surface area contributed by atoms with Crippen LogP contribution in [0.5, 0.6) is 0 Å². The predicted octanol–water partition coefficient (Wildman–Crippen LogP) is 16.4. The number of benzene rings is 10. The molecule has 1 aliphatic rings. The topological polar surface area (TPSA) is 38.1 Å². The van der Waals surface area contributed by atoms with Gasteiger partial charge in [-0.3, -0.25) is 4.98 Å². The van der Waals surface area contributed by atoms with E-state index >= 15 is 0 Å². The van der Waals surface area contributed by atoms with Crippen LogP contribution in [0.3, 0.4) is 0 Å². The summed E-state index contributed by atoms with van der Waals surface area (Å²) in [6.45, 7) is 0.824. The van der Waals surface area contributed by atoms with Gasteiger partial charge in [0.05, 0.1) is 0 Å². The maximum atomic E-state index is 7.15. The van der Waals surface area contributed by atoms with Gasteiger partial charge >= 0.3 is 0 Å². The number of para-hydroxylation sites is 1. The lowest BCUT2D eigenvalue weighted by Gasteiger charge is -2.19. The lowest BCUT2D eigenvalue weighted by Crippen LogP contribution is -2.08. The predicted molar refractivity (Wildman–Crippen MR) is 274 cm³/mol. The zero-order chi connectivity index (χ0) is 42.8. The van der Waals surface area contributed by atoms with Gasteiger partial charge in [0, 0.05) is 52.6 Å². The van der Waals surface area contributed by atoms with Crippen LogP contribution in [0.15, 0.2) is 229 Å². The van der Waals surface area contributed by atoms with Gasteiger partial charge in [-0.25, -0.2) is 0 Å². The third-order valence-electron chi connectivity index (χ3n) is 13.3. The number of hydrogen-bond acceptors (Lipinski definition) is 3. The van der Waals surface area contributed by atoms with E-state index in [1.807, 2.05) is 18.5 Å². The second-order valence-electron chi connectivity index (χ2n) is 17.0. The van der Waals surface area contributed by atoms with Crippen molar-refractivity contribution >= 4 is 70.6 Å². The van der Waals surface area contributed by atoms with Gasteiger partial charge in [0.1, 0.15) is 11.2 Å². The van der Waals surface area contributed by atoms with E-state index in [4.69, 9.17) is 4.42 Å². The van der Waals surface area contributed by atoms with Gasteiger partial charge in [-0.1, -0.05) is 176 Å². The maximum Gasteiger partial charge on any atom is 0.143 e. The number of nitrogens with one attached hydrogen (secondary N) is 1. The molecule has 65 heavy (non-hydrogen) atoms. The number of fused-ring (bicyclic) bond motifs is 7. The summed E-state index contributed by atoms with van der Waals surface area (Å²) in [5.74, 6) is 0. The molecule has 10 aromatic carbocycles. The number of rotatable bonds is 6. The SMILES string of the molecule is C1=CC(c2cc(-c3cccnc3)cc(-c3c4ccccc4c(-c4cccc5c4oc4cccc(-c6c7ccccc7c(-c7ccccc7)c7ccccc67)c45)c4ccccc34)c2)=CNC1. The van der Waals surface area contributed by atoms with Crippen molar-refractivity contribution in [2.75, 3.05) is 6.54 Å². The molecule has 3 nitrogen and oxygen atoms in total. The number of nitrogens with zero attached hydrogens (tertiary/aromatic N) is 1. The number of allylic oxidation sites excluding steroid dienone is 2. The van der Waals surface area contributed by atoms with Gasteiger partial charge in [0.15, 0.2) is 0 Å². The first-order valence-corrected chi connectivity index (χ1v) is 22.3. The van der Waals surface area contributed by atoms with Crippen LogP contribution in [0, 0.1) is 0 Å². The molecule has 0 saturated carbocycles. The Hall–Kier alpha value is -8.53. The first-order valence-electron chi connectivity index (χ1n) is 22.3. The Labute approximate surface area is 376 Å². The molecule has 0 saturated heterocycles. The first kappa shape index (κ1) is 37.1. The summed E-state index contributed by atoms with van der Waals surface area (Å²) >= 11 is 0. The van der Waals surface area contributed by atoms with Crippen LogP contribution < -0.4 is 5.32 Å². The Bertz CT molecular complexity index is 3820. The molecule has 12 aromatic rings. The van der Waals surface area contributed by atoms with Crippen molar-refractivity contribution in [3.8, 4) is 55.6 Å². The van der Waals surface area contributed by atoms with Crippen LogP contribution in [0.1, 0.15) is 5.56 Å². The van der Waals surface area contributed by atoms with Crippen LogP contribution >= 0.6 is 0 Å². The third kappa shape index (κ3) is 5.93. The Morgan fingerprint density at radius 2 is 0.908 bits per heavy atom. The molecule has 1 N–H and O–H groups in total. The highest BCUT2D eigenvalue weighted by molar-refractivity contribution is 6.28. The summed E-state index contributed by atoms with van der Waals surface area (Å²) in [7, 11) is 0. The van der Waals surface area contributed by atoms with Crippen LogP contribution in [-0.4, -0.2) is 11.5 Å². The zero-order valence-electron chi connectivity index (χ0n) is 35.4. The molecule has 0 amide bonds. The standard InChI is InChI=1S/C62H40N2O/c1-2-16-39(17-3-1)57-45-20-4-8-24-49(45)59(50-25-9-5-21-46(50)57)53-28-13-31-56-61(53)55-30-12-29-54(62(55)65-56)60-51-26-10-6-22-47(51)58(48-23-7-11-27-52(48)60)44-35-42(40-18-14-32-63-37-40)34-43(36-44)41-19-15-33-64-38-41/h1-32,34-38,64H,33H2. The number of furan rings is 1. The van der Waals surface area contributed by atoms with Gasteiger partial charge in [-0.15, -0.1) is 0 Å². The molecule has 2 aromatic heterocycles. The lowest BCUT2D eigenvalue weighted by atomic mass is 9.83. The minimum atomic E-state index is 0.824. The highest BCUT2D eigenvalue weighted by Gasteiger charge is 2.24. The van der Waals surface area contributed by atoms with Crippen molar-refractivity contribution in [1.82, 2.24) is 10.3 Å². The second-order valence-corrected chi connectivity index (χ2v) is 17.0. The minimum absolute atomic E-state index is 0.824. The van der Waals surface area contributed by atoms with E-state index in [1.54, 1.807) is 0 Å². The highest BCUT2D eigenvalue weighted by Crippen LogP contribution is 2.50. The molecule has 304 valence electrons. The number of pyridine rings is 1. The minimum Gasteiger partial charge on any atom is -0.455 e. The molecule has 13 rings (SSSR count). The number of aromatic nitrogens is 1. The molecule has 0 unspecified atom stereocenters. The molecule has 0 radical (unpaired) electrons. The van der Waals surface area contributed by atoms with Crippen LogP contribution in [-0.2, 0) is 0 Å². The van der Waals surface area contributed by atoms with Gasteiger partial charge < -0.3 is 9.73 Å². The zero-order valence-corrected chi connectivity index (χ0v) is 35.4. The van der Waals surface area contributed by atoms with E-state index in [0.29, 0.717) is 0 Å². The quantitative estimate of drug-likeness (QED) is 0.170. The summed E-state index contributed by atoms with van der Waals surface area (Å²) in [5.41, 5.74) is 15.7. The van der Waals surface area contributed by atoms with Crippen molar-refractivity contribution in [3.05, 3.63) is 230 Å². The molecule has 0 spiro atoms. The van der Waals surface area contributed by atoms with E-state index in [1.165, 1.54) is 70.9 Å². The largest absolute Gasteiger partial charge is 0.455 e. The lowest BCUT2D eigenvalue weighted by molar-refractivity contribution is 0.670. The Kier molecular flexibility index (Phi) is 8.60.